The molecule has 1 unspecified atom stereocenters. The van der Waals surface area contributed by atoms with E-state index in [0.29, 0.717) is 27.1 Å². The highest BCUT2D eigenvalue weighted by Crippen LogP contribution is 2.31. The fourth-order valence-electron chi connectivity index (χ4n) is 3.61. The Morgan fingerprint density at radius 2 is 1.71 bits per heavy atom. The first kappa shape index (κ1) is 27.8. The molecule has 8 nitrogen and oxygen atoms in total. The zero-order chi connectivity index (χ0) is 27.8. The first-order valence-electron chi connectivity index (χ1n) is 11.0. The fraction of sp³-hybridized carbons (Fsp3) is 0.304. The van der Waals surface area contributed by atoms with Crippen LogP contribution in [0.3, 0.4) is 0 Å². The second-order valence-electron chi connectivity index (χ2n) is 8.26. The van der Waals surface area contributed by atoms with Crippen LogP contribution in [0.4, 0.5) is 22.0 Å². The number of para-hydroxylation sites is 1. The molecule has 0 saturated heterocycles. The van der Waals surface area contributed by atoms with Crippen molar-refractivity contribution in [2.45, 2.75) is 43.1 Å². The third kappa shape index (κ3) is 5.76. The Balaban J connectivity index is 1.81. The van der Waals surface area contributed by atoms with Crippen LogP contribution in [0, 0.1) is 0 Å². The molecule has 4 aromatic rings. The maximum Gasteiger partial charge on any atom is 0.416 e. The predicted molar refractivity (Wildman–Crippen MR) is 131 cm³/mol. The summed E-state index contributed by atoms with van der Waals surface area (Å²) in [7, 11) is 0. The smallest absolute Gasteiger partial charge is 0.382 e. The third-order valence-corrected chi connectivity index (χ3v) is 6.44. The molecule has 2 heterocycles. The Kier molecular flexibility index (Phi) is 7.68. The Morgan fingerprint density at radius 1 is 1.05 bits per heavy atom. The fourth-order valence-corrected chi connectivity index (χ4v) is 4.31. The van der Waals surface area contributed by atoms with Crippen molar-refractivity contribution in [2.75, 3.05) is 6.26 Å². The van der Waals surface area contributed by atoms with Gasteiger partial charge < -0.3 is 5.11 Å². The molecule has 0 amide bonds. The highest BCUT2D eigenvalue weighted by atomic mass is 35.5. The van der Waals surface area contributed by atoms with Crippen molar-refractivity contribution >= 4 is 23.4 Å². The minimum absolute atomic E-state index is 0.192. The second-order valence-corrected chi connectivity index (χ2v) is 9.55. The van der Waals surface area contributed by atoms with Gasteiger partial charge in [0.25, 0.3) is 0 Å². The number of thioether (sulfide) groups is 1. The normalized spacial score (nSPS) is 13.2. The molecule has 15 heteroatoms. The summed E-state index contributed by atoms with van der Waals surface area (Å²) in [4.78, 5) is 17.7. The number of halogens is 6. The lowest BCUT2D eigenvalue weighted by Gasteiger charge is -2.15. The minimum Gasteiger partial charge on any atom is -0.382 e. The van der Waals surface area contributed by atoms with Crippen LogP contribution in [0.15, 0.2) is 58.2 Å². The Morgan fingerprint density at radius 3 is 2.32 bits per heavy atom. The molecule has 1 N–H and O–H groups in total. The Labute approximate surface area is 221 Å². The molecule has 0 spiro atoms. The molecule has 2 aromatic heterocycles. The van der Waals surface area contributed by atoms with Crippen LogP contribution in [0.2, 0.25) is 5.02 Å². The number of hydrogen-bond donors (Lipinski definition) is 1. The molecule has 1 atom stereocenters. The van der Waals surface area contributed by atoms with Gasteiger partial charge in [0.05, 0.1) is 12.2 Å². The molecule has 2 aromatic carbocycles. The van der Waals surface area contributed by atoms with Gasteiger partial charge in [0.2, 0.25) is 5.82 Å². The molecule has 38 heavy (non-hydrogen) atoms. The maximum atomic E-state index is 14.5. The summed E-state index contributed by atoms with van der Waals surface area (Å²) < 4.78 is 70.6. The number of benzene rings is 2. The van der Waals surface area contributed by atoms with Gasteiger partial charge in [-0.3, -0.25) is 4.57 Å². The van der Waals surface area contributed by atoms with Crippen molar-refractivity contribution in [3.63, 3.8) is 0 Å². The van der Waals surface area contributed by atoms with Gasteiger partial charge in [-0.1, -0.05) is 23.7 Å². The number of aromatic nitrogens is 6. The van der Waals surface area contributed by atoms with Gasteiger partial charge in [0, 0.05) is 22.4 Å². The SMILES string of the molecule is CSc1ccccc1-n1nc(Cn2nc(-c3ccc(Cl)cc3)n(CC(O)C(F)(F)F)c2=O)nc1C(C)(F)F. The van der Waals surface area contributed by atoms with Crippen molar-refractivity contribution in [3.8, 4) is 17.1 Å². The summed E-state index contributed by atoms with van der Waals surface area (Å²) in [5.41, 5.74) is -0.444. The van der Waals surface area contributed by atoms with Crippen molar-refractivity contribution < 1.29 is 27.1 Å². The van der Waals surface area contributed by atoms with E-state index in [-0.39, 0.29) is 17.2 Å². The van der Waals surface area contributed by atoms with Crippen molar-refractivity contribution in [2.24, 2.45) is 0 Å². The first-order valence-corrected chi connectivity index (χ1v) is 12.6. The lowest BCUT2D eigenvalue weighted by molar-refractivity contribution is -0.207. The monoisotopic (exact) mass is 574 g/mol. The van der Waals surface area contributed by atoms with E-state index in [0.717, 1.165) is 9.36 Å². The highest BCUT2D eigenvalue weighted by molar-refractivity contribution is 7.98. The molecule has 0 aliphatic carbocycles. The molecule has 4 rings (SSSR count). The van der Waals surface area contributed by atoms with Crippen LogP contribution < -0.4 is 5.69 Å². The number of aliphatic hydroxyl groups excluding tert-OH is 1. The first-order chi connectivity index (χ1) is 17.8. The standard InChI is InChI=1S/C23H20ClF5N6O2S/c1-22(25,26)20-30-18(31-35(20)15-5-3-4-6-16(15)38-2)12-34-21(37)33(11-17(36)23(27,28)29)19(32-34)13-7-9-14(24)10-8-13/h3-10,17,36H,11-12H2,1-2H3. The molecule has 0 radical (unpaired) electrons. The predicted octanol–water partition coefficient (Wildman–Crippen LogP) is 4.75. The number of alkyl halides is 5. The summed E-state index contributed by atoms with van der Waals surface area (Å²) >= 11 is 7.20. The van der Waals surface area contributed by atoms with Gasteiger partial charge in [-0.25, -0.2) is 19.1 Å². The quantitative estimate of drug-likeness (QED) is 0.241. The molecule has 0 aliphatic rings. The summed E-state index contributed by atoms with van der Waals surface area (Å²) in [6.45, 7) is -1.01. The number of hydrogen-bond acceptors (Lipinski definition) is 6. The Hall–Kier alpha value is -3.23. The number of rotatable bonds is 8. The summed E-state index contributed by atoms with van der Waals surface area (Å²) in [5.74, 6) is -4.51. The molecule has 0 bridgehead atoms. The van der Waals surface area contributed by atoms with Crippen molar-refractivity contribution in [3.05, 3.63) is 75.7 Å². The maximum absolute atomic E-state index is 14.5. The topological polar surface area (TPSA) is 90.8 Å². The average molecular weight is 575 g/mol. The lowest BCUT2D eigenvalue weighted by atomic mass is 10.2. The van der Waals surface area contributed by atoms with Crippen LogP contribution in [0.25, 0.3) is 17.1 Å². The van der Waals surface area contributed by atoms with Crippen LogP contribution in [-0.2, 0) is 19.0 Å². The van der Waals surface area contributed by atoms with Crippen molar-refractivity contribution in [1.29, 1.82) is 0 Å². The molecule has 0 fully saturated rings. The van der Waals surface area contributed by atoms with E-state index >= 15 is 0 Å². The van der Waals surface area contributed by atoms with Crippen molar-refractivity contribution in [1.82, 2.24) is 29.1 Å². The van der Waals surface area contributed by atoms with E-state index in [2.05, 4.69) is 15.2 Å². The summed E-state index contributed by atoms with van der Waals surface area (Å²) in [6.07, 6.45) is -6.08. The average Bonchev–Trinajstić information content (AvgIpc) is 3.41. The lowest BCUT2D eigenvalue weighted by Crippen LogP contribution is -2.37. The van der Waals surface area contributed by atoms with Gasteiger partial charge >= 0.3 is 17.8 Å². The largest absolute Gasteiger partial charge is 0.416 e. The molecule has 202 valence electrons. The van der Waals surface area contributed by atoms with E-state index < -0.39 is 42.8 Å². The van der Waals surface area contributed by atoms with Gasteiger partial charge in [0.15, 0.2) is 17.8 Å². The zero-order valence-corrected chi connectivity index (χ0v) is 21.4. The second kappa shape index (κ2) is 10.5. The number of nitrogens with zero attached hydrogens (tertiary/aromatic N) is 6. The van der Waals surface area contributed by atoms with Gasteiger partial charge in [-0.2, -0.15) is 22.0 Å². The van der Waals surface area contributed by atoms with E-state index in [1.165, 1.54) is 36.0 Å². The molecular weight excluding hydrogens is 555 g/mol. The van der Waals surface area contributed by atoms with E-state index in [1.54, 1.807) is 30.5 Å². The molecular formula is C23H20ClF5N6O2S. The zero-order valence-electron chi connectivity index (χ0n) is 19.8. The van der Waals surface area contributed by atoms with Crippen LogP contribution in [0.5, 0.6) is 0 Å². The summed E-state index contributed by atoms with van der Waals surface area (Å²) in [5, 5.41) is 18.2. The Bertz CT molecular complexity index is 1490. The van der Waals surface area contributed by atoms with Gasteiger partial charge in [0.1, 0.15) is 6.54 Å². The highest BCUT2D eigenvalue weighted by Gasteiger charge is 2.39. The molecule has 0 saturated carbocycles. The van der Waals surface area contributed by atoms with Crippen LogP contribution >= 0.6 is 23.4 Å². The van der Waals surface area contributed by atoms with Crippen LogP contribution in [0.1, 0.15) is 18.6 Å². The van der Waals surface area contributed by atoms with E-state index in [9.17, 15) is 31.9 Å². The molecule has 0 aliphatic heterocycles. The van der Waals surface area contributed by atoms with Gasteiger partial charge in [-0.15, -0.1) is 22.0 Å². The third-order valence-electron chi connectivity index (χ3n) is 5.41. The minimum atomic E-state index is -4.99. The summed E-state index contributed by atoms with van der Waals surface area (Å²) in [6, 6.07) is 12.5. The van der Waals surface area contributed by atoms with Gasteiger partial charge in [-0.05, 0) is 42.7 Å². The van der Waals surface area contributed by atoms with E-state index in [1.807, 2.05) is 0 Å². The number of aliphatic hydroxyl groups is 1. The van der Waals surface area contributed by atoms with Crippen LogP contribution in [-0.4, -0.2) is 52.8 Å². The van der Waals surface area contributed by atoms with E-state index in [4.69, 9.17) is 11.6 Å².